The second kappa shape index (κ2) is 10.2. The summed E-state index contributed by atoms with van der Waals surface area (Å²) >= 11 is 1.61. The largest absolute Gasteiger partial charge is 0.419 e. The molecule has 9 nitrogen and oxygen atoms in total. The summed E-state index contributed by atoms with van der Waals surface area (Å²) < 4.78 is 6.12. The zero-order valence-electron chi connectivity index (χ0n) is 21.8. The van der Waals surface area contributed by atoms with E-state index < -0.39 is 5.54 Å². The number of hydrogen-bond acceptors (Lipinski definition) is 8. The predicted molar refractivity (Wildman–Crippen MR) is 149 cm³/mol. The number of hydrogen-bond donors (Lipinski definition) is 2. The summed E-state index contributed by atoms with van der Waals surface area (Å²) in [7, 11) is 0. The van der Waals surface area contributed by atoms with Crippen LogP contribution in [-0.4, -0.2) is 42.7 Å². The lowest BCUT2D eigenvalue weighted by molar-refractivity contribution is 0.0735. The van der Waals surface area contributed by atoms with Gasteiger partial charge in [-0.25, -0.2) is 4.98 Å². The van der Waals surface area contributed by atoms with Gasteiger partial charge >= 0.3 is 0 Å². The maximum Gasteiger partial charge on any atom is 0.254 e. The molecular weight excluding hydrogens is 510 g/mol. The molecule has 0 bridgehead atoms. The number of benzene rings is 2. The number of aromatic amines is 1. The Hall–Kier alpha value is -4.15. The summed E-state index contributed by atoms with van der Waals surface area (Å²) in [6, 6.07) is 17.4. The summed E-state index contributed by atoms with van der Waals surface area (Å²) in [4.78, 5) is 20.5. The van der Waals surface area contributed by atoms with Crippen molar-refractivity contribution >= 4 is 17.2 Å². The highest BCUT2D eigenvalue weighted by Gasteiger charge is 2.33. The van der Waals surface area contributed by atoms with Crippen molar-refractivity contribution in [2.24, 2.45) is 5.73 Å². The third-order valence-corrected chi connectivity index (χ3v) is 8.05. The van der Waals surface area contributed by atoms with Crippen molar-refractivity contribution in [1.82, 2.24) is 30.3 Å². The molecule has 198 valence electrons. The molecule has 6 rings (SSSR count). The van der Waals surface area contributed by atoms with Crippen LogP contribution in [0, 0.1) is 6.92 Å². The highest BCUT2D eigenvalue weighted by atomic mass is 32.1. The van der Waals surface area contributed by atoms with Crippen molar-refractivity contribution in [3.8, 4) is 22.7 Å². The van der Waals surface area contributed by atoms with Crippen LogP contribution in [0.5, 0.6) is 0 Å². The Kier molecular flexibility index (Phi) is 6.58. The van der Waals surface area contributed by atoms with Crippen LogP contribution in [0.3, 0.4) is 0 Å². The number of amides is 1. The molecule has 0 unspecified atom stereocenters. The van der Waals surface area contributed by atoms with Gasteiger partial charge in [0.1, 0.15) is 5.01 Å². The number of nitrogens with one attached hydrogen (secondary N) is 1. The molecule has 1 aliphatic rings. The Morgan fingerprint density at radius 2 is 2.00 bits per heavy atom. The molecule has 1 fully saturated rings. The number of nitrogens with two attached hydrogens (primary N) is 1. The Bertz CT molecular complexity index is 1590. The van der Waals surface area contributed by atoms with Crippen LogP contribution in [0.25, 0.3) is 22.7 Å². The van der Waals surface area contributed by atoms with Gasteiger partial charge in [-0.05, 0) is 62.9 Å². The molecule has 2 aromatic carbocycles. The lowest BCUT2D eigenvalue weighted by Gasteiger charge is -2.23. The first-order chi connectivity index (χ1) is 18.9. The zero-order chi connectivity index (χ0) is 27.0. The van der Waals surface area contributed by atoms with E-state index in [9.17, 15) is 4.79 Å². The molecule has 0 saturated carbocycles. The van der Waals surface area contributed by atoms with E-state index in [-0.39, 0.29) is 11.9 Å². The van der Waals surface area contributed by atoms with Crippen molar-refractivity contribution in [3.05, 3.63) is 93.9 Å². The van der Waals surface area contributed by atoms with Gasteiger partial charge in [0.2, 0.25) is 11.8 Å². The SMILES string of the molecule is Cc1csc([C@H]2CCCN2C(=O)c2cc(-c3cc[nH]n3)cc(-c3nnc([C@@](C)(N)Cc4ccccc4)o3)c2)n1. The van der Waals surface area contributed by atoms with E-state index in [0.717, 1.165) is 34.7 Å². The normalized spacial score (nSPS) is 16.9. The molecule has 5 aromatic rings. The van der Waals surface area contributed by atoms with Crippen LogP contribution in [0.1, 0.15) is 58.3 Å². The smallest absolute Gasteiger partial charge is 0.254 e. The standard InChI is InChI=1S/C29H29N7O2S/c1-18-17-39-26(32-18)24-9-6-12-36(24)27(37)22-14-20(23-10-11-31-33-23)13-21(15-22)25-34-35-28(38-25)29(2,30)16-19-7-4-3-5-8-19/h3-5,7-8,10-11,13-15,17,24H,6,9,12,16,30H2,1-2H3,(H,31,33)/t24-,29+/m1/s1. The van der Waals surface area contributed by atoms with Crippen LogP contribution in [-0.2, 0) is 12.0 Å². The first-order valence-corrected chi connectivity index (χ1v) is 13.8. The molecule has 0 aliphatic carbocycles. The quantitative estimate of drug-likeness (QED) is 0.288. The van der Waals surface area contributed by atoms with Crippen LogP contribution >= 0.6 is 11.3 Å². The molecule has 10 heteroatoms. The summed E-state index contributed by atoms with van der Waals surface area (Å²) in [5, 5.41) is 18.8. The molecule has 3 N–H and O–H groups in total. The molecule has 1 saturated heterocycles. The maximum atomic E-state index is 13.9. The van der Waals surface area contributed by atoms with Gasteiger partial charge < -0.3 is 15.1 Å². The van der Waals surface area contributed by atoms with Gasteiger partial charge in [-0.15, -0.1) is 21.5 Å². The fraction of sp³-hybridized carbons (Fsp3) is 0.276. The van der Waals surface area contributed by atoms with E-state index in [1.165, 1.54) is 0 Å². The molecule has 0 spiro atoms. The third kappa shape index (κ3) is 5.13. The summed E-state index contributed by atoms with van der Waals surface area (Å²) in [6.45, 7) is 4.53. The fourth-order valence-electron chi connectivity index (χ4n) is 5.07. The van der Waals surface area contributed by atoms with Crippen LogP contribution in [0.15, 0.2) is 70.6 Å². The topological polar surface area (TPSA) is 127 Å². The fourth-order valence-corrected chi connectivity index (χ4v) is 6.01. The van der Waals surface area contributed by atoms with Crippen LogP contribution < -0.4 is 5.73 Å². The van der Waals surface area contributed by atoms with Gasteiger partial charge in [0.05, 0.1) is 17.3 Å². The van der Waals surface area contributed by atoms with E-state index in [2.05, 4.69) is 25.4 Å². The first-order valence-electron chi connectivity index (χ1n) is 12.9. The van der Waals surface area contributed by atoms with Gasteiger partial charge in [-0.2, -0.15) is 5.10 Å². The van der Waals surface area contributed by atoms with E-state index in [1.807, 2.05) is 78.7 Å². The van der Waals surface area contributed by atoms with Gasteiger partial charge in [0.25, 0.3) is 5.91 Å². The lowest BCUT2D eigenvalue weighted by Crippen LogP contribution is -2.35. The summed E-state index contributed by atoms with van der Waals surface area (Å²) in [5.74, 6) is 0.573. The molecular formula is C29H29N7O2S. The third-order valence-electron chi connectivity index (χ3n) is 6.99. The minimum Gasteiger partial charge on any atom is -0.419 e. The van der Waals surface area contributed by atoms with E-state index in [0.29, 0.717) is 41.6 Å². The molecule has 2 atom stereocenters. The number of aromatic nitrogens is 5. The predicted octanol–water partition coefficient (Wildman–Crippen LogP) is 5.29. The van der Waals surface area contributed by atoms with Crippen molar-refractivity contribution in [1.29, 1.82) is 0 Å². The van der Waals surface area contributed by atoms with Crippen LogP contribution in [0.2, 0.25) is 0 Å². The van der Waals surface area contributed by atoms with Crippen molar-refractivity contribution in [2.75, 3.05) is 6.54 Å². The van der Waals surface area contributed by atoms with Crippen molar-refractivity contribution < 1.29 is 9.21 Å². The maximum absolute atomic E-state index is 13.9. The number of thiazole rings is 1. The van der Waals surface area contributed by atoms with Gasteiger partial charge in [0, 0.05) is 40.5 Å². The first kappa shape index (κ1) is 25.1. The highest BCUT2D eigenvalue weighted by molar-refractivity contribution is 7.09. The van der Waals surface area contributed by atoms with Crippen molar-refractivity contribution in [3.63, 3.8) is 0 Å². The Morgan fingerprint density at radius 1 is 1.18 bits per heavy atom. The molecule has 4 heterocycles. The van der Waals surface area contributed by atoms with Gasteiger partial charge in [0.15, 0.2) is 0 Å². The second-order valence-corrected chi connectivity index (χ2v) is 11.1. The molecule has 3 aromatic heterocycles. The van der Waals surface area contributed by atoms with Gasteiger partial charge in [-0.1, -0.05) is 30.3 Å². The Labute approximate surface area is 230 Å². The Morgan fingerprint density at radius 3 is 2.74 bits per heavy atom. The summed E-state index contributed by atoms with van der Waals surface area (Å²) in [5.41, 5.74) is 10.5. The van der Waals surface area contributed by atoms with Gasteiger partial charge in [-0.3, -0.25) is 9.89 Å². The number of rotatable bonds is 7. The average Bonchev–Trinajstić information content (AvgIpc) is 3.74. The van der Waals surface area contributed by atoms with E-state index in [1.54, 1.807) is 17.5 Å². The lowest BCUT2D eigenvalue weighted by atomic mass is 9.94. The number of likely N-dealkylation sites (tertiary alicyclic amines) is 1. The molecule has 39 heavy (non-hydrogen) atoms. The second-order valence-electron chi connectivity index (χ2n) is 10.2. The van der Waals surface area contributed by atoms with E-state index in [4.69, 9.17) is 10.2 Å². The molecule has 1 amide bonds. The monoisotopic (exact) mass is 539 g/mol. The molecule has 0 radical (unpaired) electrons. The average molecular weight is 540 g/mol. The highest BCUT2D eigenvalue weighted by Crippen LogP contribution is 2.36. The van der Waals surface area contributed by atoms with Crippen molar-refractivity contribution in [2.45, 2.75) is 44.7 Å². The van der Waals surface area contributed by atoms with Crippen LogP contribution in [0.4, 0.5) is 0 Å². The number of H-pyrrole nitrogens is 1. The number of nitrogens with zero attached hydrogens (tertiary/aromatic N) is 5. The zero-order valence-corrected chi connectivity index (χ0v) is 22.6. The number of carbonyl (C=O) groups excluding carboxylic acids is 1. The Balaban J connectivity index is 1.35. The summed E-state index contributed by atoms with van der Waals surface area (Å²) in [6.07, 6.45) is 4.12. The number of aryl methyl sites for hydroxylation is 1. The molecule has 1 aliphatic heterocycles. The minimum atomic E-state index is -0.861. The number of carbonyl (C=O) groups is 1. The van der Waals surface area contributed by atoms with E-state index >= 15 is 0 Å². The minimum absolute atomic E-state index is 0.0281.